The minimum Gasteiger partial charge on any atom is -0.383 e. The van der Waals surface area contributed by atoms with Crippen LogP contribution in [0.4, 0.5) is 8.78 Å². The van der Waals surface area contributed by atoms with Gasteiger partial charge in [-0.05, 0) is 44.9 Å². The number of carbonyl (C=O) groups is 1. The van der Waals surface area contributed by atoms with Crippen molar-refractivity contribution in [1.29, 1.82) is 0 Å². The zero-order valence-electron chi connectivity index (χ0n) is 12.3. The highest BCUT2D eigenvalue weighted by molar-refractivity contribution is 7.11. The minimum atomic E-state index is -3.71. The number of carbonyl (C=O) groups excluding carboxylic acids is 1. The molecule has 0 bridgehead atoms. The third-order valence-electron chi connectivity index (χ3n) is 4.56. The molecule has 3 rings (SSSR count). The number of nitrogens with zero attached hydrogens (tertiary/aromatic N) is 1. The second kappa shape index (κ2) is 5.85. The van der Waals surface area contributed by atoms with Crippen molar-refractivity contribution in [2.45, 2.75) is 62.9 Å². The van der Waals surface area contributed by atoms with Gasteiger partial charge < -0.3 is 10.4 Å². The summed E-state index contributed by atoms with van der Waals surface area (Å²) in [5.74, 6) is -5.09. The van der Waals surface area contributed by atoms with Crippen molar-refractivity contribution in [3.8, 4) is 0 Å². The topological polar surface area (TPSA) is 62.2 Å². The van der Waals surface area contributed by atoms with Crippen molar-refractivity contribution < 1.29 is 18.7 Å². The highest BCUT2D eigenvalue weighted by Gasteiger charge is 2.60. The first-order valence-corrected chi connectivity index (χ1v) is 8.60. The van der Waals surface area contributed by atoms with Gasteiger partial charge in [-0.2, -0.15) is 8.78 Å². The Hall–Kier alpha value is -1.08. The van der Waals surface area contributed by atoms with Crippen LogP contribution in [0.2, 0.25) is 0 Å². The molecule has 1 fully saturated rings. The maximum atomic E-state index is 13.9. The van der Waals surface area contributed by atoms with Gasteiger partial charge in [0.15, 0.2) is 0 Å². The SMILES string of the molecule is O=C(NCCc1nc2c(s1)CCCC2)C(F)(F)C1(O)CCC1. The van der Waals surface area contributed by atoms with Crippen LogP contribution in [0, 0.1) is 0 Å². The molecular formula is C15H20F2N2O2S. The monoisotopic (exact) mass is 330 g/mol. The molecule has 0 saturated heterocycles. The van der Waals surface area contributed by atoms with E-state index in [0.717, 1.165) is 30.0 Å². The molecule has 0 radical (unpaired) electrons. The van der Waals surface area contributed by atoms with Crippen LogP contribution in [0.25, 0.3) is 0 Å². The first kappa shape index (κ1) is 15.8. The lowest BCUT2D eigenvalue weighted by atomic mass is 9.75. The van der Waals surface area contributed by atoms with Crippen LogP contribution in [0.5, 0.6) is 0 Å². The largest absolute Gasteiger partial charge is 0.383 e. The summed E-state index contributed by atoms with van der Waals surface area (Å²) in [7, 11) is 0. The fourth-order valence-electron chi connectivity index (χ4n) is 2.94. The fraction of sp³-hybridized carbons (Fsp3) is 0.733. The van der Waals surface area contributed by atoms with Gasteiger partial charge in [0.25, 0.3) is 5.91 Å². The summed E-state index contributed by atoms with van der Waals surface area (Å²) in [6.07, 6.45) is 5.31. The van der Waals surface area contributed by atoms with Gasteiger partial charge in [0, 0.05) is 17.8 Å². The van der Waals surface area contributed by atoms with Crippen LogP contribution >= 0.6 is 11.3 Å². The number of alkyl halides is 2. The van der Waals surface area contributed by atoms with E-state index in [1.165, 1.54) is 11.3 Å². The molecule has 7 heteroatoms. The molecule has 122 valence electrons. The van der Waals surface area contributed by atoms with Crippen LogP contribution in [0.15, 0.2) is 0 Å². The Morgan fingerprint density at radius 2 is 2.05 bits per heavy atom. The normalized spacial score (nSPS) is 20.1. The van der Waals surface area contributed by atoms with Gasteiger partial charge in [-0.1, -0.05) is 0 Å². The number of thiazole rings is 1. The highest BCUT2D eigenvalue weighted by Crippen LogP contribution is 2.44. The molecule has 1 saturated carbocycles. The Kier molecular flexibility index (Phi) is 4.20. The van der Waals surface area contributed by atoms with Crippen molar-refractivity contribution in [1.82, 2.24) is 10.3 Å². The molecule has 1 aromatic heterocycles. The molecule has 0 unspecified atom stereocenters. The van der Waals surface area contributed by atoms with Crippen molar-refractivity contribution in [3.63, 3.8) is 0 Å². The van der Waals surface area contributed by atoms with Crippen LogP contribution in [-0.4, -0.2) is 34.1 Å². The van der Waals surface area contributed by atoms with E-state index >= 15 is 0 Å². The standard InChI is InChI=1S/C15H20F2N2O2S/c16-15(17,14(21)7-3-8-14)13(20)18-9-6-12-19-10-4-1-2-5-11(10)22-12/h21H,1-9H2,(H,18,20). The quantitative estimate of drug-likeness (QED) is 0.870. The van der Waals surface area contributed by atoms with E-state index < -0.39 is 17.4 Å². The third kappa shape index (κ3) is 2.76. The number of halogens is 2. The lowest BCUT2D eigenvalue weighted by Crippen LogP contribution is -2.60. The first-order valence-electron chi connectivity index (χ1n) is 7.78. The minimum absolute atomic E-state index is 0.0212. The number of hydrogen-bond acceptors (Lipinski definition) is 4. The summed E-state index contributed by atoms with van der Waals surface area (Å²) in [6.45, 7) is 0.122. The van der Waals surface area contributed by atoms with Crippen molar-refractivity contribution in [3.05, 3.63) is 15.6 Å². The summed E-state index contributed by atoms with van der Waals surface area (Å²) >= 11 is 1.62. The second-order valence-electron chi connectivity index (χ2n) is 6.15. The number of nitrogens with one attached hydrogen (secondary N) is 1. The smallest absolute Gasteiger partial charge is 0.352 e. The Morgan fingerprint density at radius 3 is 2.68 bits per heavy atom. The molecule has 2 N–H and O–H groups in total. The third-order valence-corrected chi connectivity index (χ3v) is 5.78. The molecule has 0 aromatic carbocycles. The van der Waals surface area contributed by atoms with Crippen molar-refractivity contribution in [2.24, 2.45) is 0 Å². The van der Waals surface area contributed by atoms with Gasteiger partial charge in [-0.25, -0.2) is 4.98 Å². The number of aromatic nitrogens is 1. The van der Waals surface area contributed by atoms with E-state index in [2.05, 4.69) is 10.3 Å². The number of fused-ring (bicyclic) bond motifs is 1. The molecule has 1 amide bonds. The Morgan fingerprint density at radius 1 is 1.32 bits per heavy atom. The molecule has 1 heterocycles. The first-order chi connectivity index (χ1) is 10.4. The van der Waals surface area contributed by atoms with Gasteiger partial charge in [0.05, 0.1) is 10.7 Å². The predicted octanol–water partition coefficient (Wildman–Crippen LogP) is 2.23. The van der Waals surface area contributed by atoms with Gasteiger partial charge in [-0.3, -0.25) is 4.79 Å². The highest BCUT2D eigenvalue weighted by atomic mass is 32.1. The lowest BCUT2D eigenvalue weighted by molar-refractivity contribution is -0.215. The molecule has 2 aliphatic carbocycles. The van der Waals surface area contributed by atoms with E-state index in [1.807, 2.05) is 0 Å². The molecule has 4 nitrogen and oxygen atoms in total. The van der Waals surface area contributed by atoms with Gasteiger partial charge in [0.1, 0.15) is 5.60 Å². The van der Waals surface area contributed by atoms with E-state index in [9.17, 15) is 18.7 Å². The van der Waals surface area contributed by atoms with E-state index in [4.69, 9.17) is 0 Å². The van der Waals surface area contributed by atoms with Crippen LogP contribution < -0.4 is 5.32 Å². The molecule has 22 heavy (non-hydrogen) atoms. The summed E-state index contributed by atoms with van der Waals surface area (Å²) in [5.41, 5.74) is -1.02. The summed E-state index contributed by atoms with van der Waals surface area (Å²) in [5, 5.41) is 12.8. The zero-order chi connectivity index (χ0) is 15.8. The Labute approximate surface area is 131 Å². The average molecular weight is 330 g/mol. The molecule has 0 spiro atoms. The molecule has 0 atom stereocenters. The van der Waals surface area contributed by atoms with E-state index in [-0.39, 0.29) is 19.4 Å². The summed E-state index contributed by atoms with van der Waals surface area (Å²) in [6, 6.07) is 0. The Balaban J connectivity index is 1.52. The zero-order valence-corrected chi connectivity index (χ0v) is 13.1. The van der Waals surface area contributed by atoms with Crippen LogP contribution in [0.3, 0.4) is 0 Å². The fourth-order valence-corrected chi connectivity index (χ4v) is 4.10. The maximum Gasteiger partial charge on any atom is 0.352 e. The summed E-state index contributed by atoms with van der Waals surface area (Å²) in [4.78, 5) is 17.5. The van der Waals surface area contributed by atoms with Gasteiger partial charge >= 0.3 is 5.92 Å². The lowest BCUT2D eigenvalue weighted by Gasteiger charge is -2.41. The summed E-state index contributed by atoms with van der Waals surface area (Å²) < 4.78 is 27.8. The second-order valence-corrected chi connectivity index (χ2v) is 7.32. The maximum absolute atomic E-state index is 13.9. The van der Waals surface area contributed by atoms with Crippen molar-refractivity contribution in [2.75, 3.05) is 6.54 Å². The molecule has 1 aromatic rings. The predicted molar refractivity (Wildman–Crippen MR) is 79.2 cm³/mol. The Bertz CT molecular complexity index is 546. The van der Waals surface area contributed by atoms with Crippen LogP contribution in [-0.2, 0) is 24.1 Å². The van der Waals surface area contributed by atoms with Crippen molar-refractivity contribution >= 4 is 17.2 Å². The van der Waals surface area contributed by atoms with Crippen LogP contribution in [0.1, 0.15) is 47.7 Å². The molecule has 2 aliphatic rings. The number of aryl methyl sites for hydroxylation is 2. The average Bonchev–Trinajstić information content (AvgIpc) is 2.87. The molecule has 0 aliphatic heterocycles. The number of hydrogen-bond donors (Lipinski definition) is 2. The molecular weight excluding hydrogens is 310 g/mol. The number of rotatable bonds is 5. The number of aliphatic hydroxyl groups is 1. The van der Waals surface area contributed by atoms with E-state index in [0.29, 0.717) is 12.8 Å². The van der Waals surface area contributed by atoms with E-state index in [1.54, 1.807) is 11.3 Å². The van der Waals surface area contributed by atoms with Gasteiger partial charge in [-0.15, -0.1) is 11.3 Å². The number of amides is 1. The van der Waals surface area contributed by atoms with Gasteiger partial charge in [0.2, 0.25) is 0 Å².